The monoisotopic (exact) mass is 343 g/mol. The molecule has 0 atom stereocenters. The summed E-state index contributed by atoms with van der Waals surface area (Å²) in [5.74, 6) is -0.803. The Kier molecular flexibility index (Phi) is 4.57. The third-order valence-electron chi connectivity index (χ3n) is 2.74. The second-order valence-electron chi connectivity index (χ2n) is 4.09. The molecule has 0 amide bonds. The predicted molar refractivity (Wildman–Crippen MR) is 81.1 cm³/mol. The number of esters is 1. The van der Waals surface area contributed by atoms with Gasteiger partial charge in [0.1, 0.15) is 21.3 Å². The number of carbonyl (C=O) groups is 1. The molecule has 1 heterocycles. The minimum Gasteiger partial charge on any atom is -0.507 e. The fraction of sp³-hybridized carbons (Fsp3) is 0.154. The van der Waals surface area contributed by atoms with Gasteiger partial charge in [-0.3, -0.25) is 4.72 Å². The highest BCUT2D eigenvalue weighted by atomic mass is 32.2. The molecule has 2 aromatic rings. The molecule has 0 aliphatic rings. The molecular weight excluding hydrogens is 330 g/mol. The maximum absolute atomic E-state index is 12.4. The third kappa shape index (κ3) is 3.15. The number of phenols is 1. The van der Waals surface area contributed by atoms with Crippen LogP contribution in [0.15, 0.2) is 34.5 Å². The zero-order chi connectivity index (χ0) is 16.3. The van der Waals surface area contributed by atoms with Crippen LogP contribution in [0, 0.1) is 0 Å². The Balaban J connectivity index is 2.41. The average Bonchev–Trinajstić information content (AvgIpc) is 2.94. The average molecular weight is 343 g/mol. The van der Waals surface area contributed by atoms with Crippen LogP contribution < -0.4 is 9.46 Å². The van der Waals surface area contributed by atoms with Gasteiger partial charge >= 0.3 is 5.97 Å². The Hall–Kier alpha value is -2.26. The summed E-state index contributed by atoms with van der Waals surface area (Å²) in [4.78, 5) is 11.3. The van der Waals surface area contributed by atoms with Gasteiger partial charge in [-0.05, 0) is 23.6 Å². The van der Waals surface area contributed by atoms with Crippen molar-refractivity contribution in [1.82, 2.24) is 0 Å². The molecule has 2 rings (SSSR count). The minimum absolute atomic E-state index is 0.0825. The molecule has 1 aromatic carbocycles. The topological polar surface area (TPSA) is 102 Å². The van der Waals surface area contributed by atoms with Crippen molar-refractivity contribution in [2.24, 2.45) is 0 Å². The standard InChI is InChI=1S/C13H13NO6S2/c1-19-8-3-4-10(15)11(7-8)22(17,18)14-9-5-6-21-12(9)13(16)20-2/h3-7,14-15H,1-2H3. The molecule has 1 aromatic heterocycles. The Morgan fingerprint density at radius 1 is 1.27 bits per heavy atom. The van der Waals surface area contributed by atoms with Crippen molar-refractivity contribution < 1.29 is 27.8 Å². The van der Waals surface area contributed by atoms with Crippen LogP contribution in [0.25, 0.3) is 0 Å². The van der Waals surface area contributed by atoms with E-state index in [0.717, 1.165) is 11.3 Å². The Morgan fingerprint density at radius 2 is 2.00 bits per heavy atom. The lowest BCUT2D eigenvalue weighted by atomic mass is 10.3. The van der Waals surface area contributed by atoms with Crippen LogP contribution in [0.4, 0.5) is 5.69 Å². The van der Waals surface area contributed by atoms with E-state index in [1.807, 2.05) is 0 Å². The van der Waals surface area contributed by atoms with Crippen LogP contribution in [0.5, 0.6) is 11.5 Å². The normalized spacial score (nSPS) is 11.0. The second kappa shape index (κ2) is 6.24. The van der Waals surface area contributed by atoms with Crippen LogP contribution in [-0.2, 0) is 14.8 Å². The number of rotatable bonds is 5. The van der Waals surface area contributed by atoms with Crippen molar-refractivity contribution in [2.75, 3.05) is 18.9 Å². The fourth-order valence-corrected chi connectivity index (χ4v) is 3.69. The summed E-state index contributed by atoms with van der Waals surface area (Å²) in [6.07, 6.45) is 0. The van der Waals surface area contributed by atoms with Crippen LogP contribution in [0.1, 0.15) is 9.67 Å². The quantitative estimate of drug-likeness (QED) is 0.806. The van der Waals surface area contributed by atoms with Crippen LogP contribution in [0.3, 0.4) is 0 Å². The van der Waals surface area contributed by atoms with E-state index < -0.39 is 21.7 Å². The number of carbonyl (C=O) groups excluding carboxylic acids is 1. The zero-order valence-corrected chi connectivity index (χ0v) is 13.3. The molecule has 0 fully saturated rings. The summed E-state index contributed by atoms with van der Waals surface area (Å²) in [7, 11) is -1.51. The Labute approximate surface area is 131 Å². The molecule has 2 N–H and O–H groups in total. The van der Waals surface area contributed by atoms with E-state index in [0.29, 0.717) is 0 Å². The molecule has 0 spiro atoms. The molecule has 0 saturated heterocycles. The van der Waals surface area contributed by atoms with Gasteiger partial charge in [0.2, 0.25) is 0 Å². The van der Waals surface area contributed by atoms with E-state index in [1.165, 1.54) is 38.5 Å². The van der Waals surface area contributed by atoms with Gasteiger partial charge < -0.3 is 14.6 Å². The molecule has 118 valence electrons. The summed E-state index contributed by atoms with van der Waals surface area (Å²) in [5.41, 5.74) is 0.0825. The van der Waals surface area contributed by atoms with Crippen LogP contribution >= 0.6 is 11.3 Å². The number of benzene rings is 1. The summed E-state index contributed by atoms with van der Waals surface area (Å²) < 4.78 is 36.5. The van der Waals surface area contributed by atoms with E-state index in [1.54, 1.807) is 5.38 Å². The highest BCUT2D eigenvalue weighted by Crippen LogP contribution is 2.31. The number of anilines is 1. The van der Waals surface area contributed by atoms with Gasteiger partial charge in [-0.25, -0.2) is 13.2 Å². The molecule has 0 bridgehead atoms. The van der Waals surface area contributed by atoms with Crippen molar-refractivity contribution in [3.8, 4) is 11.5 Å². The second-order valence-corrected chi connectivity index (χ2v) is 6.66. The van der Waals surface area contributed by atoms with Crippen molar-refractivity contribution in [2.45, 2.75) is 4.90 Å². The molecular formula is C13H13NO6S2. The molecule has 0 aliphatic carbocycles. The maximum Gasteiger partial charge on any atom is 0.350 e. The minimum atomic E-state index is -4.09. The first-order valence-corrected chi connectivity index (χ1v) is 8.31. The summed E-state index contributed by atoms with van der Waals surface area (Å²) in [5, 5.41) is 11.3. The molecule has 0 aliphatic heterocycles. The summed E-state index contributed by atoms with van der Waals surface area (Å²) >= 11 is 1.04. The number of sulfonamides is 1. The summed E-state index contributed by atoms with van der Waals surface area (Å²) in [6.45, 7) is 0. The molecule has 0 radical (unpaired) electrons. The van der Waals surface area contributed by atoms with Crippen molar-refractivity contribution in [1.29, 1.82) is 0 Å². The lowest BCUT2D eigenvalue weighted by Gasteiger charge is -2.10. The fourth-order valence-electron chi connectivity index (χ4n) is 1.68. The smallest absolute Gasteiger partial charge is 0.350 e. The van der Waals surface area contributed by atoms with Gasteiger partial charge in [-0.15, -0.1) is 11.3 Å². The van der Waals surface area contributed by atoms with Gasteiger partial charge in [-0.1, -0.05) is 0 Å². The van der Waals surface area contributed by atoms with E-state index in [-0.39, 0.29) is 21.2 Å². The van der Waals surface area contributed by atoms with Gasteiger partial charge in [0.25, 0.3) is 10.0 Å². The van der Waals surface area contributed by atoms with E-state index >= 15 is 0 Å². The lowest BCUT2D eigenvalue weighted by molar-refractivity contribution is 0.0607. The predicted octanol–water partition coefficient (Wildman–Crippen LogP) is 2.05. The number of nitrogens with one attached hydrogen (secondary N) is 1. The summed E-state index contributed by atoms with van der Waals surface area (Å²) in [6, 6.07) is 5.26. The van der Waals surface area contributed by atoms with Crippen molar-refractivity contribution in [3.05, 3.63) is 34.5 Å². The SMILES string of the molecule is COC(=O)c1sccc1NS(=O)(=O)c1cc(OC)ccc1O. The molecule has 22 heavy (non-hydrogen) atoms. The van der Waals surface area contributed by atoms with Gasteiger partial charge in [0.15, 0.2) is 0 Å². The number of hydrogen-bond acceptors (Lipinski definition) is 7. The van der Waals surface area contributed by atoms with Gasteiger partial charge in [0.05, 0.1) is 19.9 Å². The molecule has 0 saturated carbocycles. The third-order valence-corrected chi connectivity index (χ3v) is 5.03. The van der Waals surface area contributed by atoms with Crippen molar-refractivity contribution >= 4 is 33.0 Å². The number of phenolic OH excluding ortho intramolecular Hbond substituents is 1. The first-order valence-electron chi connectivity index (χ1n) is 5.94. The Bertz CT molecular complexity index is 797. The van der Waals surface area contributed by atoms with Crippen LogP contribution in [0.2, 0.25) is 0 Å². The van der Waals surface area contributed by atoms with E-state index in [4.69, 9.17) is 4.74 Å². The van der Waals surface area contributed by atoms with E-state index in [9.17, 15) is 18.3 Å². The number of ether oxygens (including phenoxy) is 2. The lowest BCUT2D eigenvalue weighted by Crippen LogP contribution is -2.15. The first-order chi connectivity index (χ1) is 10.4. The first kappa shape index (κ1) is 16.1. The highest BCUT2D eigenvalue weighted by Gasteiger charge is 2.23. The number of aromatic hydroxyl groups is 1. The number of methoxy groups -OCH3 is 2. The number of hydrogen-bond donors (Lipinski definition) is 2. The van der Waals surface area contributed by atoms with Gasteiger partial charge in [0, 0.05) is 6.07 Å². The zero-order valence-electron chi connectivity index (χ0n) is 11.7. The van der Waals surface area contributed by atoms with Crippen LogP contribution in [-0.4, -0.2) is 33.7 Å². The Morgan fingerprint density at radius 3 is 2.64 bits per heavy atom. The maximum atomic E-state index is 12.4. The van der Waals surface area contributed by atoms with E-state index in [2.05, 4.69) is 9.46 Å². The number of thiophene rings is 1. The molecule has 9 heteroatoms. The highest BCUT2D eigenvalue weighted by molar-refractivity contribution is 7.92. The molecule has 7 nitrogen and oxygen atoms in total. The van der Waals surface area contributed by atoms with Crippen molar-refractivity contribution in [3.63, 3.8) is 0 Å². The van der Waals surface area contributed by atoms with Gasteiger partial charge in [-0.2, -0.15) is 0 Å². The molecule has 0 unspecified atom stereocenters. The largest absolute Gasteiger partial charge is 0.507 e.